The summed E-state index contributed by atoms with van der Waals surface area (Å²) in [6.45, 7) is -20.6. The lowest BCUT2D eigenvalue weighted by atomic mass is 9.98. The summed E-state index contributed by atoms with van der Waals surface area (Å²) in [5, 5.41) is -1.82. The molecule has 1 atom stereocenters. The van der Waals surface area contributed by atoms with Gasteiger partial charge in [-0.15, -0.1) is 0 Å². The monoisotopic (exact) mass is 1400 g/mol. The van der Waals surface area contributed by atoms with Crippen LogP contribution in [0.2, 0.25) is 0 Å². The molecule has 96 heavy (non-hydrogen) atoms. The Morgan fingerprint density at radius 2 is 1.10 bits per heavy atom. The third kappa shape index (κ3) is 18.6. The number of thioether (sulfide) groups is 2. The fourth-order valence-electron chi connectivity index (χ4n) is 9.00. The lowest BCUT2D eigenvalue weighted by Crippen LogP contribution is -2.42. The quantitative estimate of drug-likeness (QED) is 0.0295. The van der Waals surface area contributed by atoms with Gasteiger partial charge in [-0.1, -0.05) is 148 Å². The molecule has 0 fully saturated rings. The number of nitrogens with zero attached hydrogens (tertiary/aromatic N) is 8. The molecular weight excluding hydrogens is 1280 g/mol. The molecule has 2 heterocycles. The lowest BCUT2D eigenvalue weighted by molar-refractivity contribution is -0.138. The number of hydrogen-bond donors (Lipinski definition) is 0. The van der Waals surface area contributed by atoms with E-state index in [0.29, 0.717) is 16.3 Å². The highest BCUT2D eigenvalue weighted by molar-refractivity contribution is 7.98. The van der Waals surface area contributed by atoms with Gasteiger partial charge in [0.15, 0.2) is 10.3 Å². The normalized spacial score (nSPS) is 21.5. The van der Waals surface area contributed by atoms with Crippen LogP contribution in [0.15, 0.2) is 159 Å². The minimum absolute atomic E-state index is 0.0298. The van der Waals surface area contributed by atoms with Crippen LogP contribution in [0.25, 0.3) is 22.3 Å². The molecule has 0 saturated heterocycles. The van der Waals surface area contributed by atoms with Crippen molar-refractivity contribution in [3.8, 4) is 22.3 Å². The Morgan fingerprint density at radius 1 is 0.604 bits per heavy atom. The van der Waals surface area contributed by atoms with E-state index in [2.05, 4.69) is 9.97 Å². The van der Waals surface area contributed by atoms with E-state index in [-0.39, 0.29) is 94.6 Å². The van der Waals surface area contributed by atoms with Crippen LogP contribution in [-0.4, -0.2) is 103 Å². The fraction of sp³-hybridized carbons (Fsp3) is 0.378. The van der Waals surface area contributed by atoms with Crippen molar-refractivity contribution < 1.29 is 94.1 Å². The van der Waals surface area contributed by atoms with Crippen LogP contribution in [0.5, 0.6) is 0 Å². The standard InChI is InChI=1S/2C37H40F4N4O2S/c1-4-43(5-2)21-22-44(25(3)27-11-13-28(14-12-27)29-15-17-30(18-16-29)37(39,40)41)34(46)23-45-33-8-6-7-32(33)35(47)42-36(45)48-24-26-9-19-31(38)20-10-26;1-4-43(5-2)19-20-44(22-26-9-13-28(14-10-26)29-15-18-32(25(3)21-29)37(39,40)41)34(46)23-45-33-8-6-7-31(33)35(47)42-36(45)48-24-27-11-16-30(38)17-12-27/h9-20,25H,4-8,21-24H2,1-3H3;9-18,21H,4-8,19-20,22-24H2,1-3H3/i6D2,7D2,8D2,9D,10D,19D,20D,21D2,22D2,23D2,25D;9D,10D,11D,12D,13D,14D,15D,16D,17D,18D,19D2,20D2,21D,22D2,23D2. The van der Waals surface area contributed by atoms with E-state index in [4.69, 9.17) is 34.3 Å². The third-order valence-electron chi connectivity index (χ3n) is 14.1. The van der Waals surface area contributed by atoms with Crippen molar-refractivity contribution in [1.29, 1.82) is 0 Å². The molecular formula is C74H80F8N8O4S2. The van der Waals surface area contributed by atoms with E-state index in [1.165, 1.54) is 39.8 Å². The highest BCUT2D eigenvalue weighted by Crippen LogP contribution is 2.36. The van der Waals surface area contributed by atoms with Crippen molar-refractivity contribution >= 4 is 35.3 Å². The first-order valence-corrected chi connectivity index (χ1v) is 31.0. The number of carbonyl (C=O) groups is 2. The second-order valence-electron chi connectivity index (χ2n) is 20.3. The molecule has 2 amide bonds. The molecule has 0 N–H and O–H groups in total. The van der Waals surface area contributed by atoms with Gasteiger partial charge in [0, 0.05) is 80.2 Å². The number of alkyl halides is 6. The van der Waals surface area contributed by atoms with E-state index in [1.54, 1.807) is 0 Å². The summed E-state index contributed by atoms with van der Waals surface area (Å²) in [5.74, 6) is -9.05. The molecule has 8 aromatic rings. The topological polar surface area (TPSA) is 117 Å². The van der Waals surface area contributed by atoms with Crippen LogP contribution < -0.4 is 11.1 Å². The van der Waals surface area contributed by atoms with E-state index >= 15 is 9.59 Å². The molecule has 0 bridgehead atoms. The first-order chi connectivity index (χ1) is 60.1. The minimum Gasteiger partial charge on any atom is -0.336 e. The van der Waals surface area contributed by atoms with Gasteiger partial charge in [-0.3, -0.25) is 19.2 Å². The zero-order valence-corrected chi connectivity index (χ0v) is 53.2. The molecule has 6 aromatic carbocycles. The van der Waals surface area contributed by atoms with Gasteiger partial charge in [-0.2, -0.15) is 36.3 Å². The number of benzene rings is 6. The average molecular weight is 1400 g/mol. The first-order valence-electron chi connectivity index (χ1n) is 47.0. The summed E-state index contributed by atoms with van der Waals surface area (Å²) in [4.78, 5) is 66.0. The van der Waals surface area contributed by atoms with E-state index in [0.717, 1.165) is 60.0 Å². The van der Waals surface area contributed by atoms with Gasteiger partial charge in [0.1, 0.15) is 24.6 Å². The summed E-state index contributed by atoms with van der Waals surface area (Å²) in [6, 6.07) is -11.9. The lowest BCUT2D eigenvalue weighted by Gasteiger charge is -2.33. The van der Waals surface area contributed by atoms with Gasteiger partial charge in [0.25, 0.3) is 11.1 Å². The Kier molecular flexibility index (Phi) is 13.1. The van der Waals surface area contributed by atoms with Crippen molar-refractivity contribution in [2.24, 2.45) is 0 Å². The number of rotatable bonds is 26. The maximum absolute atomic E-state index is 15.3. The molecule has 2 aliphatic rings. The Morgan fingerprint density at radius 3 is 1.65 bits per heavy atom. The molecule has 508 valence electrons. The van der Waals surface area contributed by atoms with E-state index in [1.807, 2.05) is 0 Å². The van der Waals surface area contributed by atoms with Crippen molar-refractivity contribution in [2.45, 2.75) is 140 Å². The van der Waals surface area contributed by atoms with E-state index < -0.39 is 291 Å². The SMILES string of the molecule is [2H]c1c([2H])c(CSc2nc(=O)c3c(n2C([2H])([2H])C(=O)N(C([2H])(C)c2ccc(-c4ccc(C(F)(F)F)cc4)cc2)C([2H])([2H])C([2H])([2H])N(CC)CC)C([2H])([2H])C([2H])([2H])C3([2H])[2H])c([2H])c([2H])c1F.[2H]c1c([2H])c(CSc2nc(=O)c3c(n2C([2H])([2H])C(=O)N(C([2H])([2H])c2c([2H])c([2H])c(-c4c([2H])c([2H])c(C(F)(F)F)c(C)c4[2H])c([2H])c2[2H])C([2H])([2H])C([2H])([2H])N(CC)CC)CCC3)c([2H])c([2H])c1F. The van der Waals surface area contributed by atoms with Crippen molar-refractivity contribution in [3.63, 3.8) is 0 Å². The summed E-state index contributed by atoms with van der Waals surface area (Å²) in [5.41, 5.74) is -13.9. The molecule has 2 aromatic heterocycles. The molecule has 0 radical (unpaired) electrons. The zero-order chi connectivity index (χ0) is 101. The highest BCUT2D eigenvalue weighted by atomic mass is 32.2. The van der Waals surface area contributed by atoms with Crippen molar-refractivity contribution in [1.82, 2.24) is 38.7 Å². The zero-order valence-electron chi connectivity index (χ0n) is 87.5. The average Bonchev–Trinajstić information content (AvgIpc) is 1.51. The van der Waals surface area contributed by atoms with Gasteiger partial charge in [0.2, 0.25) is 11.8 Å². The molecule has 0 aliphatic heterocycles. The summed E-state index contributed by atoms with van der Waals surface area (Å²) >= 11 is 0.493. The minimum atomic E-state index is -5.25. The number of likely N-dealkylation sites (N-methyl/N-ethyl adjacent to an activating group) is 2. The Hall–Kier alpha value is -7.92. The summed E-state index contributed by atoms with van der Waals surface area (Å²) < 4.78 is 427. The Bertz CT molecular complexity index is 5950. The van der Waals surface area contributed by atoms with Crippen LogP contribution in [-0.2, 0) is 78.5 Å². The maximum Gasteiger partial charge on any atom is 0.416 e. The molecule has 1 unspecified atom stereocenters. The van der Waals surface area contributed by atoms with Crippen LogP contribution in [0.3, 0.4) is 0 Å². The predicted octanol–water partition coefficient (Wildman–Crippen LogP) is 15.3. The maximum atomic E-state index is 15.3. The van der Waals surface area contributed by atoms with Crippen LogP contribution >= 0.6 is 23.5 Å². The van der Waals surface area contributed by atoms with Gasteiger partial charge in [-0.05, 0) is 171 Å². The number of aromatic nitrogens is 4. The second-order valence-corrected chi connectivity index (χ2v) is 22.1. The largest absolute Gasteiger partial charge is 0.416 e. The molecule has 0 spiro atoms. The van der Waals surface area contributed by atoms with Gasteiger partial charge in [-0.25, -0.2) is 8.78 Å². The van der Waals surface area contributed by atoms with E-state index in [9.17, 15) is 59.8 Å². The van der Waals surface area contributed by atoms with Crippen LogP contribution in [0.4, 0.5) is 35.1 Å². The molecule has 10 rings (SSSR count). The Labute approximate surface area is 614 Å². The summed E-state index contributed by atoms with van der Waals surface area (Å²) in [7, 11) is 0. The van der Waals surface area contributed by atoms with Crippen molar-refractivity contribution in [3.05, 3.63) is 233 Å². The highest BCUT2D eigenvalue weighted by Gasteiger charge is 2.34. The molecule has 0 saturated carbocycles. The van der Waals surface area contributed by atoms with Crippen LogP contribution in [0.1, 0.15) is 164 Å². The summed E-state index contributed by atoms with van der Waals surface area (Å²) in [6.07, 6.45) is -21.0. The van der Waals surface area contributed by atoms with Crippen LogP contribution in [0, 0.1) is 18.6 Å². The predicted molar refractivity (Wildman–Crippen MR) is 363 cm³/mol. The molecule has 22 heteroatoms. The van der Waals surface area contributed by atoms with Gasteiger partial charge in [0.05, 0.1) is 52.8 Å². The number of amides is 2. The Balaban J connectivity index is 0.000000297. The van der Waals surface area contributed by atoms with Crippen molar-refractivity contribution in [2.75, 3.05) is 52.2 Å². The second kappa shape index (κ2) is 32.9. The third-order valence-corrected chi connectivity index (χ3v) is 16.0. The van der Waals surface area contributed by atoms with Gasteiger partial charge >= 0.3 is 12.4 Å². The number of fused-ring (bicyclic) bond motifs is 2. The number of halogens is 8. The fourth-order valence-corrected chi connectivity index (χ4v) is 10.7. The molecule has 12 nitrogen and oxygen atoms in total. The number of hydrogen-bond acceptors (Lipinski definition) is 10. The smallest absolute Gasteiger partial charge is 0.336 e. The first kappa shape index (κ1) is 38.3. The van der Waals surface area contributed by atoms with Gasteiger partial charge < -0.3 is 28.7 Å². The number of carbonyl (C=O) groups excluding carboxylic acids is 2. The molecule has 2 aliphatic carbocycles.